The highest BCUT2D eigenvalue weighted by molar-refractivity contribution is 7.71. The Labute approximate surface area is 104 Å². The van der Waals surface area contributed by atoms with Gasteiger partial charge in [0.15, 0.2) is 4.77 Å². The Balaban J connectivity index is 2.75. The molecule has 2 heterocycles. The van der Waals surface area contributed by atoms with Crippen LogP contribution in [-0.4, -0.2) is 35.5 Å². The van der Waals surface area contributed by atoms with E-state index in [1.807, 2.05) is 0 Å². The van der Waals surface area contributed by atoms with Gasteiger partial charge in [-0.05, 0) is 12.2 Å². The third-order valence-corrected chi connectivity index (χ3v) is 4.30. The van der Waals surface area contributed by atoms with E-state index in [-0.39, 0.29) is 4.88 Å². The highest BCUT2D eigenvalue weighted by Crippen LogP contribution is 2.36. The van der Waals surface area contributed by atoms with Crippen molar-refractivity contribution in [2.24, 2.45) is 0 Å². The number of nitrogens with one attached hydrogen (secondary N) is 2. The first-order valence-electron chi connectivity index (χ1n) is 4.53. The monoisotopic (exact) mass is 273 g/mol. The number of aromatic amines is 2. The van der Waals surface area contributed by atoms with Crippen molar-refractivity contribution in [3.05, 3.63) is 15.7 Å². The van der Waals surface area contributed by atoms with E-state index < -0.39 is 21.7 Å². The second kappa shape index (κ2) is 4.30. The Bertz CT molecular complexity index is 652. The molecule has 17 heavy (non-hydrogen) atoms. The smallest absolute Gasteiger partial charge is 0.462 e. The van der Waals surface area contributed by atoms with Crippen molar-refractivity contribution in [3.63, 3.8) is 0 Å². The normalized spacial score (nSPS) is 11.5. The van der Waals surface area contributed by atoms with Crippen LogP contribution in [0.3, 0.4) is 0 Å². The molecular formula is C9H9N2O4S2+. The van der Waals surface area contributed by atoms with Crippen molar-refractivity contribution in [3.8, 4) is 0 Å². The lowest BCUT2D eigenvalue weighted by Gasteiger charge is -1.92. The summed E-state index contributed by atoms with van der Waals surface area (Å²) >= 11 is 4.92. The number of H-pyrrole nitrogens is 2. The van der Waals surface area contributed by atoms with E-state index in [4.69, 9.17) is 12.2 Å². The number of hydrogen-bond donors (Lipinski definition) is 2. The summed E-state index contributed by atoms with van der Waals surface area (Å²) in [6.07, 6.45) is 0. The lowest BCUT2D eigenvalue weighted by Crippen LogP contribution is -2.03. The zero-order chi connectivity index (χ0) is 12.6. The van der Waals surface area contributed by atoms with Gasteiger partial charge in [-0.1, -0.05) is 0 Å². The fraction of sp³-hybridized carbons (Fsp3) is 0.222. The molecule has 2 aromatic heterocycles. The quantitative estimate of drug-likeness (QED) is 0.498. The molecule has 0 aliphatic heterocycles. The number of esters is 1. The SMILES string of the molecule is COC(=O)c1cc2[nH]c(=S)[nH]c2[s+]1C(=O)OC. The zero-order valence-corrected chi connectivity index (χ0v) is 10.7. The molecule has 0 bridgehead atoms. The van der Waals surface area contributed by atoms with Gasteiger partial charge in [-0.15, -0.1) is 0 Å². The van der Waals surface area contributed by atoms with Gasteiger partial charge in [-0.25, -0.2) is 4.79 Å². The highest BCUT2D eigenvalue weighted by atomic mass is 32.2. The van der Waals surface area contributed by atoms with Crippen LogP contribution in [0.1, 0.15) is 9.67 Å². The molecule has 0 spiro atoms. The van der Waals surface area contributed by atoms with Crippen LogP contribution < -0.4 is 0 Å². The first kappa shape index (κ1) is 11.8. The molecule has 2 rings (SSSR count). The van der Waals surface area contributed by atoms with Gasteiger partial charge in [0.2, 0.25) is 0 Å². The predicted octanol–water partition coefficient (Wildman–Crippen LogP) is 2.38. The average molecular weight is 273 g/mol. The predicted molar refractivity (Wildman–Crippen MR) is 65.1 cm³/mol. The number of fused-ring (bicyclic) bond motifs is 1. The first-order chi connectivity index (χ1) is 8.08. The largest absolute Gasteiger partial charge is 0.557 e. The van der Waals surface area contributed by atoms with Crippen LogP contribution in [-0.2, 0) is 9.47 Å². The van der Waals surface area contributed by atoms with Crippen LogP contribution in [0.5, 0.6) is 0 Å². The summed E-state index contributed by atoms with van der Waals surface area (Å²) in [7, 11) is 1.41. The van der Waals surface area contributed by atoms with Crippen LogP contribution >= 0.6 is 22.7 Å². The van der Waals surface area contributed by atoms with Gasteiger partial charge in [0.05, 0.1) is 14.2 Å². The molecule has 0 amide bonds. The summed E-state index contributed by atoms with van der Waals surface area (Å²) in [4.78, 5) is 29.7. The van der Waals surface area contributed by atoms with Crippen molar-refractivity contribution in [2.45, 2.75) is 0 Å². The van der Waals surface area contributed by atoms with E-state index in [1.165, 1.54) is 14.2 Å². The topological polar surface area (TPSA) is 84.2 Å². The molecule has 90 valence electrons. The lowest BCUT2D eigenvalue weighted by atomic mass is 10.4. The first-order valence-corrected chi connectivity index (χ1v) is 6.16. The maximum Gasteiger partial charge on any atom is 0.557 e. The molecule has 2 N–H and O–H groups in total. The average Bonchev–Trinajstić information content (AvgIpc) is 2.82. The molecule has 0 radical (unpaired) electrons. The summed E-state index contributed by atoms with van der Waals surface area (Å²) < 4.78 is 9.71. The van der Waals surface area contributed by atoms with E-state index in [2.05, 4.69) is 19.4 Å². The molecule has 0 aromatic carbocycles. The van der Waals surface area contributed by atoms with Crippen LogP contribution in [0.2, 0.25) is 0 Å². The van der Waals surface area contributed by atoms with Crippen molar-refractivity contribution in [1.82, 2.24) is 9.97 Å². The van der Waals surface area contributed by atoms with E-state index in [0.717, 1.165) is 0 Å². The molecule has 1 unspecified atom stereocenters. The summed E-state index contributed by atoms with van der Waals surface area (Å²) in [6, 6.07) is 1.55. The number of rotatable bonds is 2. The number of carbonyl (C=O) groups is 2. The minimum atomic E-state index is -1.12. The fourth-order valence-corrected chi connectivity index (χ4v) is 3.47. The van der Waals surface area contributed by atoms with Gasteiger partial charge in [0.25, 0.3) is 9.71 Å². The number of aromatic nitrogens is 2. The van der Waals surface area contributed by atoms with Gasteiger partial charge < -0.3 is 14.5 Å². The Kier molecular flexibility index (Phi) is 2.99. The molecule has 0 aliphatic carbocycles. The summed E-state index contributed by atoms with van der Waals surface area (Å²) in [5.74, 6) is -0.553. The Morgan fingerprint density at radius 3 is 2.59 bits per heavy atom. The Morgan fingerprint density at radius 2 is 2.00 bits per heavy atom. The Hall–Kier alpha value is -1.67. The van der Waals surface area contributed by atoms with Gasteiger partial charge in [-0.3, -0.25) is 4.98 Å². The van der Waals surface area contributed by atoms with Gasteiger partial charge in [0.1, 0.15) is 16.0 Å². The van der Waals surface area contributed by atoms with Gasteiger partial charge in [-0.2, -0.15) is 4.79 Å². The number of ether oxygens (including phenoxy) is 2. The maximum atomic E-state index is 11.7. The molecule has 0 fully saturated rings. The maximum absolute atomic E-state index is 11.7. The second-order valence-corrected chi connectivity index (χ2v) is 5.28. The Morgan fingerprint density at radius 1 is 1.29 bits per heavy atom. The fourth-order valence-electron chi connectivity index (χ4n) is 1.44. The van der Waals surface area contributed by atoms with Gasteiger partial charge in [0, 0.05) is 6.07 Å². The number of methoxy groups -OCH3 is 2. The van der Waals surface area contributed by atoms with E-state index in [0.29, 0.717) is 15.1 Å². The van der Waals surface area contributed by atoms with Crippen molar-refractivity contribution in [2.75, 3.05) is 14.2 Å². The van der Waals surface area contributed by atoms with Crippen LogP contribution in [0, 0.1) is 4.77 Å². The minimum Gasteiger partial charge on any atom is -0.462 e. The summed E-state index contributed by atoms with van der Waals surface area (Å²) in [5, 5.41) is -0.509. The lowest BCUT2D eigenvalue weighted by molar-refractivity contribution is 0.0605. The number of hydrogen-bond acceptors (Lipinski definition) is 5. The van der Waals surface area contributed by atoms with Crippen molar-refractivity contribution in [1.29, 1.82) is 0 Å². The third-order valence-electron chi connectivity index (χ3n) is 2.14. The van der Waals surface area contributed by atoms with E-state index in [9.17, 15) is 9.59 Å². The van der Waals surface area contributed by atoms with E-state index >= 15 is 0 Å². The van der Waals surface area contributed by atoms with Crippen LogP contribution in [0.4, 0.5) is 4.79 Å². The van der Waals surface area contributed by atoms with E-state index in [1.54, 1.807) is 6.07 Å². The molecule has 8 heteroatoms. The van der Waals surface area contributed by atoms with Crippen LogP contribution in [0.15, 0.2) is 6.07 Å². The van der Waals surface area contributed by atoms with Gasteiger partial charge >= 0.3 is 11.3 Å². The van der Waals surface area contributed by atoms with Crippen molar-refractivity contribution >= 4 is 44.3 Å². The number of carbonyl (C=O) groups excluding carboxylic acids is 2. The minimum absolute atomic E-state index is 0.256. The second-order valence-electron chi connectivity index (χ2n) is 3.08. The molecule has 2 aromatic rings. The number of thiophene rings is 1. The molecule has 0 saturated heterocycles. The molecule has 0 aliphatic rings. The summed E-state index contributed by atoms with van der Waals surface area (Å²) in [5.41, 5.74) is 0.615. The third kappa shape index (κ3) is 1.85. The molecule has 1 atom stereocenters. The molecule has 6 nitrogen and oxygen atoms in total. The highest BCUT2D eigenvalue weighted by Gasteiger charge is 2.36. The zero-order valence-electron chi connectivity index (χ0n) is 9.03. The van der Waals surface area contributed by atoms with Crippen LogP contribution in [0.25, 0.3) is 10.3 Å². The number of imidazole rings is 1. The molecular weight excluding hydrogens is 264 g/mol. The van der Waals surface area contributed by atoms with Crippen molar-refractivity contribution < 1.29 is 19.1 Å². The standard InChI is InChI=1S/C9H8N2O4S2/c1-14-7(12)5-3-4-6(11-8(16)10-4)17(5)9(13)15-2/h3H,1-2H3,(H-,10,11,12,16)/p+1. The molecule has 0 saturated carbocycles. The summed E-state index contributed by atoms with van der Waals surface area (Å²) in [6.45, 7) is 0.